The Balaban J connectivity index is 1.85. The number of hydrogen-bond donors (Lipinski definition) is 1. The maximum absolute atomic E-state index is 4.87. The van der Waals surface area contributed by atoms with E-state index in [0.717, 1.165) is 33.8 Å². The average molecular weight is 298 g/mol. The van der Waals surface area contributed by atoms with Gasteiger partial charge in [-0.2, -0.15) is 0 Å². The summed E-state index contributed by atoms with van der Waals surface area (Å²) in [5, 5.41) is 3.61. The van der Waals surface area contributed by atoms with Crippen LogP contribution >= 0.6 is 0 Å². The first-order valence-electron chi connectivity index (χ1n) is 7.66. The van der Waals surface area contributed by atoms with E-state index in [1.807, 2.05) is 48.7 Å². The number of pyridine rings is 1. The Morgan fingerprint density at radius 2 is 1.70 bits per heavy atom. The monoisotopic (exact) mass is 298 g/mol. The lowest BCUT2D eigenvalue weighted by atomic mass is 10.1. The summed E-state index contributed by atoms with van der Waals surface area (Å²) in [5.74, 6) is 0.983. The zero-order chi connectivity index (χ0) is 15.2. The van der Waals surface area contributed by atoms with Crippen molar-refractivity contribution in [3.63, 3.8) is 0 Å². The van der Waals surface area contributed by atoms with Gasteiger partial charge in [-0.3, -0.25) is 9.55 Å². The molecule has 0 radical (unpaired) electrons. The van der Waals surface area contributed by atoms with Crippen LogP contribution in [0.2, 0.25) is 0 Å². The Kier molecular flexibility index (Phi) is 2.52. The van der Waals surface area contributed by atoms with Gasteiger partial charge in [0.2, 0.25) is 0 Å². The van der Waals surface area contributed by atoms with E-state index in [2.05, 4.69) is 39.1 Å². The van der Waals surface area contributed by atoms with Gasteiger partial charge >= 0.3 is 0 Å². The van der Waals surface area contributed by atoms with Gasteiger partial charge in [0, 0.05) is 17.4 Å². The van der Waals surface area contributed by atoms with Crippen molar-refractivity contribution in [2.24, 2.45) is 0 Å². The number of para-hydroxylation sites is 3. The highest BCUT2D eigenvalue weighted by Crippen LogP contribution is 2.39. The molecule has 0 fully saturated rings. The summed E-state index contributed by atoms with van der Waals surface area (Å²) in [5.41, 5.74) is 5.30. The van der Waals surface area contributed by atoms with Crippen molar-refractivity contribution >= 4 is 16.7 Å². The van der Waals surface area contributed by atoms with Crippen LogP contribution in [0.3, 0.4) is 0 Å². The summed E-state index contributed by atoms with van der Waals surface area (Å²) in [4.78, 5) is 9.42. The fraction of sp³-hybridized carbons (Fsp3) is 0.0526. The molecular weight excluding hydrogens is 284 g/mol. The Morgan fingerprint density at radius 1 is 0.870 bits per heavy atom. The number of benzene rings is 2. The standard InChI is InChI=1S/C19H14N4/c1-2-8-14-13(7-1)18-22-15-9-3-4-11-17(15)23(18)19(21-14)16-10-5-6-12-20-16/h1-12,19,21H/t19-/m0/s1. The van der Waals surface area contributed by atoms with Crippen LogP contribution in [0.4, 0.5) is 5.69 Å². The predicted molar refractivity (Wildman–Crippen MR) is 91.2 cm³/mol. The van der Waals surface area contributed by atoms with E-state index >= 15 is 0 Å². The highest BCUT2D eigenvalue weighted by Gasteiger charge is 2.28. The Hall–Kier alpha value is -3.14. The molecule has 0 saturated heterocycles. The number of anilines is 1. The molecule has 0 saturated carbocycles. The molecule has 1 aliphatic heterocycles. The molecule has 4 nitrogen and oxygen atoms in total. The van der Waals surface area contributed by atoms with Gasteiger partial charge in [-0.05, 0) is 36.4 Å². The summed E-state index contributed by atoms with van der Waals surface area (Å²) < 4.78 is 2.24. The van der Waals surface area contributed by atoms with Crippen molar-refractivity contribution in [2.75, 3.05) is 5.32 Å². The van der Waals surface area contributed by atoms with Gasteiger partial charge in [0.05, 0.1) is 16.7 Å². The molecule has 1 atom stereocenters. The molecule has 110 valence electrons. The van der Waals surface area contributed by atoms with Crippen molar-refractivity contribution in [1.29, 1.82) is 0 Å². The van der Waals surface area contributed by atoms with Crippen LogP contribution in [-0.4, -0.2) is 14.5 Å². The maximum atomic E-state index is 4.87. The second kappa shape index (κ2) is 4.68. The fourth-order valence-corrected chi connectivity index (χ4v) is 3.26. The van der Waals surface area contributed by atoms with Gasteiger partial charge in [0.25, 0.3) is 0 Å². The molecule has 0 spiro atoms. The van der Waals surface area contributed by atoms with Crippen molar-refractivity contribution < 1.29 is 0 Å². The van der Waals surface area contributed by atoms with E-state index in [9.17, 15) is 0 Å². The third kappa shape index (κ3) is 1.78. The smallest absolute Gasteiger partial charge is 0.149 e. The predicted octanol–water partition coefficient (Wildman–Crippen LogP) is 4.07. The first-order valence-corrected chi connectivity index (χ1v) is 7.66. The van der Waals surface area contributed by atoms with Crippen molar-refractivity contribution in [3.05, 3.63) is 78.6 Å². The lowest BCUT2D eigenvalue weighted by molar-refractivity contribution is 0.649. The Bertz CT molecular complexity index is 1000. The van der Waals surface area contributed by atoms with Crippen LogP contribution in [0.15, 0.2) is 72.9 Å². The molecule has 0 aliphatic carbocycles. The maximum Gasteiger partial charge on any atom is 0.149 e. The second-order valence-electron chi connectivity index (χ2n) is 5.64. The molecule has 2 aromatic carbocycles. The molecule has 4 aromatic rings. The molecule has 4 heteroatoms. The Labute approximate surface area is 133 Å². The van der Waals surface area contributed by atoms with E-state index in [0.29, 0.717) is 0 Å². The molecule has 2 aromatic heterocycles. The summed E-state index contributed by atoms with van der Waals surface area (Å²) in [6.45, 7) is 0. The number of rotatable bonds is 1. The topological polar surface area (TPSA) is 42.7 Å². The van der Waals surface area contributed by atoms with Gasteiger partial charge in [0.1, 0.15) is 12.0 Å². The minimum atomic E-state index is -0.0616. The third-order valence-corrected chi connectivity index (χ3v) is 4.28. The highest BCUT2D eigenvalue weighted by atomic mass is 15.3. The summed E-state index contributed by atoms with van der Waals surface area (Å²) >= 11 is 0. The number of hydrogen-bond acceptors (Lipinski definition) is 3. The Morgan fingerprint density at radius 3 is 2.61 bits per heavy atom. The quantitative estimate of drug-likeness (QED) is 0.576. The van der Waals surface area contributed by atoms with Gasteiger partial charge in [-0.25, -0.2) is 4.98 Å². The number of imidazole rings is 1. The first kappa shape index (κ1) is 12.4. The molecule has 1 aliphatic rings. The average Bonchev–Trinajstić information content (AvgIpc) is 3.02. The van der Waals surface area contributed by atoms with E-state index in [1.165, 1.54) is 0 Å². The molecule has 0 amide bonds. The van der Waals surface area contributed by atoms with Gasteiger partial charge in [-0.15, -0.1) is 0 Å². The zero-order valence-electron chi connectivity index (χ0n) is 12.3. The molecule has 5 rings (SSSR count). The summed E-state index contributed by atoms with van der Waals surface area (Å²) in [6, 6.07) is 22.5. The number of aromatic nitrogens is 3. The van der Waals surface area contributed by atoms with E-state index in [4.69, 9.17) is 4.98 Å². The fourth-order valence-electron chi connectivity index (χ4n) is 3.26. The van der Waals surface area contributed by atoms with Crippen LogP contribution in [0.1, 0.15) is 11.9 Å². The van der Waals surface area contributed by atoms with Gasteiger partial charge < -0.3 is 5.32 Å². The lowest BCUT2D eigenvalue weighted by Crippen LogP contribution is -2.25. The molecule has 3 heterocycles. The molecule has 23 heavy (non-hydrogen) atoms. The van der Waals surface area contributed by atoms with E-state index in [-0.39, 0.29) is 6.17 Å². The van der Waals surface area contributed by atoms with Crippen LogP contribution in [0.5, 0.6) is 0 Å². The van der Waals surface area contributed by atoms with Crippen molar-refractivity contribution in [1.82, 2.24) is 14.5 Å². The van der Waals surface area contributed by atoms with Crippen LogP contribution < -0.4 is 5.32 Å². The number of fused-ring (bicyclic) bond motifs is 5. The molecule has 0 unspecified atom stereocenters. The highest BCUT2D eigenvalue weighted by molar-refractivity contribution is 5.86. The number of nitrogens with zero attached hydrogens (tertiary/aromatic N) is 3. The normalized spacial score (nSPS) is 15.7. The number of nitrogens with one attached hydrogen (secondary N) is 1. The van der Waals surface area contributed by atoms with E-state index in [1.54, 1.807) is 0 Å². The summed E-state index contributed by atoms with van der Waals surface area (Å²) in [6.07, 6.45) is 1.77. The van der Waals surface area contributed by atoms with Crippen LogP contribution in [-0.2, 0) is 0 Å². The third-order valence-electron chi connectivity index (χ3n) is 4.28. The first-order chi connectivity index (χ1) is 11.4. The molecular formula is C19H14N4. The van der Waals surface area contributed by atoms with Crippen LogP contribution in [0, 0.1) is 0 Å². The largest absolute Gasteiger partial charge is 0.359 e. The second-order valence-corrected chi connectivity index (χ2v) is 5.64. The molecule has 1 N–H and O–H groups in total. The van der Waals surface area contributed by atoms with Gasteiger partial charge in [-0.1, -0.05) is 30.3 Å². The minimum absolute atomic E-state index is 0.0616. The molecule has 0 bridgehead atoms. The van der Waals surface area contributed by atoms with Crippen LogP contribution in [0.25, 0.3) is 22.4 Å². The van der Waals surface area contributed by atoms with Crippen molar-refractivity contribution in [3.8, 4) is 11.4 Å². The SMILES string of the molecule is c1ccc([C@H]2Nc3ccccc3-c3nc4ccccc4n32)nc1. The zero-order valence-corrected chi connectivity index (χ0v) is 12.3. The summed E-state index contributed by atoms with van der Waals surface area (Å²) in [7, 11) is 0. The van der Waals surface area contributed by atoms with Gasteiger partial charge in [0.15, 0.2) is 0 Å². The lowest BCUT2D eigenvalue weighted by Gasteiger charge is -2.29. The van der Waals surface area contributed by atoms with Crippen molar-refractivity contribution in [2.45, 2.75) is 6.17 Å². The minimum Gasteiger partial charge on any atom is -0.359 e. The van der Waals surface area contributed by atoms with E-state index < -0.39 is 0 Å².